The van der Waals surface area contributed by atoms with E-state index in [0.717, 1.165) is 29.3 Å². The fraction of sp³-hybridized carbons (Fsp3) is 0.0833. The third-order valence-electron chi connectivity index (χ3n) is 4.98. The highest BCUT2D eigenvalue weighted by Gasteiger charge is 2.19. The average Bonchev–Trinajstić information content (AvgIpc) is 2.82. The molecule has 34 heavy (non-hydrogen) atoms. The molecule has 2 aromatic heterocycles. The maximum atomic E-state index is 12.8. The number of phenolic OH excluding ortho intramolecular Hbond substituents is 1. The van der Waals surface area contributed by atoms with E-state index in [1.807, 2.05) is 24.0 Å². The van der Waals surface area contributed by atoms with E-state index in [9.17, 15) is 18.3 Å². The van der Waals surface area contributed by atoms with Crippen molar-refractivity contribution in [2.45, 2.75) is 11.8 Å². The van der Waals surface area contributed by atoms with Crippen LogP contribution in [0.25, 0.3) is 0 Å². The van der Waals surface area contributed by atoms with Crippen molar-refractivity contribution in [3.63, 3.8) is 0 Å². The minimum absolute atomic E-state index is 0.113. The second-order valence-corrected chi connectivity index (χ2v) is 9.49. The molecule has 2 N–H and O–H groups in total. The first-order chi connectivity index (χ1) is 16.2. The maximum absolute atomic E-state index is 12.8. The normalized spacial score (nSPS) is 11.1. The quantitative estimate of drug-likeness (QED) is 0.428. The number of amides is 1. The number of aryl methyl sites for hydroxylation is 1. The Morgan fingerprint density at radius 3 is 2.41 bits per heavy atom. The Balaban J connectivity index is 1.69. The number of aromatic hydroxyl groups is 1. The topological polar surface area (TPSA) is 125 Å². The van der Waals surface area contributed by atoms with E-state index >= 15 is 0 Å². The average molecular weight is 476 g/mol. The van der Waals surface area contributed by atoms with Crippen molar-refractivity contribution in [1.82, 2.24) is 15.0 Å². The van der Waals surface area contributed by atoms with E-state index in [0.29, 0.717) is 11.6 Å². The number of carbonyl (C=O) groups is 1. The van der Waals surface area contributed by atoms with Gasteiger partial charge in [-0.25, -0.2) is 18.4 Å². The van der Waals surface area contributed by atoms with Crippen molar-refractivity contribution in [1.29, 1.82) is 0 Å². The summed E-state index contributed by atoms with van der Waals surface area (Å²) in [6, 6.07) is 14.5. The number of benzene rings is 2. The summed E-state index contributed by atoms with van der Waals surface area (Å²) in [5.41, 5.74) is 2.97. The van der Waals surface area contributed by atoms with E-state index < -0.39 is 21.5 Å². The second kappa shape index (κ2) is 9.28. The number of pyridine rings is 1. The zero-order valence-electron chi connectivity index (χ0n) is 18.4. The van der Waals surface area contributed by atoms with Crippen molar-refractivity contribution >= 4 is 38.8 Å². The first kappa shape index (κ1) is 22.9. The van der Waals surface area contributed by atoms with Crippen LogP contribution < -0.4 is 10.2 Å². The summed E-state index contributed by atoms with van der Waals surface area (Å²) >= 11 is 0. The van der Waals surface area contributed by atoms with Crippen LogP contribution in [0.3, 0.4) is 0 Å². The van der Waals surface area contributed by atoms with Crippen molar-refractivity contribution in [2.75, 3.05) is 16.5 Å². The summed E-state index contributed by atoms with van der Waals surface area (Å²) < 4.78 is 23.4. The highest BCUT2D eigenvalue weighted by Crippen LogP contribution is 2.35. The minimum atomic E-state index is -3.61. The predicted octanol–water partition coefficient (Wildman–Crippen LogP) is 4.01. The van der Waals surface area contributed by atoms with Crippen molar-refractivity contribution in [2.24, 2.45) is 0 Å². The maximum Gasteiger partial charge on any atom is 0.255 e. The molecule has 0 atom stereocenters. The van der Waals surface area contributed by atoms with Crippen LogP contribution in [-0.4, -0.2) is 40.6 Å². The largest absolute Gasteiger partial charge is 0.507 e. The number of rotatable bonds is 6. The first-order valence-electron chi connectivity index (χ1n) is 10.2. The third kappa shape index (κ3) is 4.86. The number of sulfone groups is 1. The van der Waals surface area contributed by atoms with Gasteiger partial charge in [0.25, 0.3) is 5.91 Å². The van der Waals surface area contributed by atoms with Gasteiger partial charge >= 0.3 is 0 Å². The number of phenols is 1. The molecule has 2 aromatic carbocycles. The molecule has 0 saturated carbocycles. The van der Waals surface area contributed by atoms with Gasteiger partial charge in [-0.1, -0.05) is 6.07 Å². The van der Waals surface area contributed by atoms with E-state index in [1.54, 1.807) is 49.1 Å². The van der Waals surface area contributed by atoms with Gasteiger partial charge in [-0.15, -0.1) is 0 Å². The monoisotopic (exact) mass is 475 g/mol. The van der Waals surface area contributed by atoms with Gasteiger partial charge < -0.3 is 10.4 Å². The summed E-state index contributed by atoms with van der Waals surface area (Å²) in [6.45, 7) is 1.93. The smallest absolute Gasteiger partial charge is 0.255 e. The van der Waals surface area contributed by atoms with Gasteiger partial charge in [-0.05, 0) is 61.0 Å². The van der Waals surface area contributed by atoms with Gasteiger partial charge in [0.15, 0.2) is 9.84 Å². The number of aromatic nitrogens is 3. The Morgan fingerprint density at radius 2 is 1.76 bits per heavy atom. The van der Waals surface area contributed by atoms with E-state index in [2.05, 4.69) is 20.3 Å². The fourth-order valence-corrected chi connectivity index (χ4v) is 4.11. The van der Waals surface area contributed by atoms with Gasteiger partial charge in [-0.3, -0.25) is 14.7 Å². The highest BCUT2D eigenvalue weighted by atomic mass is 32.2. The molecular formula is C24H21N5O4S. The van der Waals surface area contributed by atoms with Crippen LogP contribution in [0, 0.1) is 6.92 Å². The Morgan fingerprint density at radius 1 is 1.00 bits per heavy atom. The van der Waals surface area contributed by atoms with E-state index in [4.69, 9.17) is 0 Å². The highest BCUT2D eigenvalue weighted by molar-refractivity contribution is 7.90. The van der Waals surface area contributed by atoms with Crippen LogP contribution in [0.4, 0.5) is 23.0 Å². The van der Waals surface area contributed by atoms with Crippen molar-refractivity contribution < 1.29 is 18.3 Å². The summed E-state index contributed by atoms with van der Waals surface area (Å²) in [7, 11) is -3.61. The zero-order valence-corrected chi connectivity index (χ0v) is 19.2. The van der Waals surface area contributed by atoms with Gasteiger partial charge in [0.2, 0.25) is 5.95 Å². The molecule has 2 heterocycles. The Kier molecular flexibility index (Phi) is 6.24. The summed E-state index contributed by atoms with van der Waals surface area (Å²) in [6.07, 6.45) is 7.62. The van der Waals surface area contributed by atoms with Crippen LogP contribution in [-0.2, 0) is 9.84 Å². The molecule has 0 aliphatic carbocycles. The van der Waals surface area contributed by atoms with Gasteiger partial charge in [-0.2, -0.15) is 0 Å². The molecule has 9 nitrogen and oxygen atoms in total. The molecule has 0 bridgehead atoms. The van der Waals surface area contributed by atoms with Crippen molar-refractivity contribution in [3.05, 3.63) is 90.5 Å². The number of nitrogens with zero attached hydrogens (tertiary/aromatic N) is 4. The molecule has 10 heteroatoms. The lowest BCUT2D eigenvalue weighted by Gasteiger charge is -2.24. The SMILES string of the molecule is Cc1ccc(NC(=O)c2ccc(S(C)(=O)=O)c(O)c2)cc1N(c1cccnc1)c1ncccn1. The molecule has 0 spiro atoms. The van der Waals surface area contributed by atoms with Crippen LogP contribution in [0.15, 0.2) is 84.3 Å². The Labute approximate surface area is 196 Å². The lowest BCUT2D eigenvalue weighted by molar-refractivity contribution is 0.102. The number of nitrogens with one attached hydrogen (secondary N) is 1. The Bertz CT molecular complexity index is 1410. The predicted molar refractivity (Wildman–Crippen MR) is 128 cm³/mol. The molecule has 0 radical (unpaired) electrons. The lowest BCUT2D eigenvalue weighted by atomic mass is 10.1. The number of carbonyl (C=O) groups excluding carboxylic acids is 1. The van der Waals surface area contributed by atoms with Crippen molar-refractivity contribution in [3.8, 4) is 5.75 Å². The lowest BCUT2D eigenvalue weighted by Crippen LogP contribution is -2.16. The molecule has 4 aromatic rings. The number of hydrogen-bond acceptors (Lipinski definition) is 8. The molecule has 4 rings (SSSR count). The van der Waals surface area contributed by atoms with Crippen LogP contribution in [0.2, 0.25) is 0 Å². The van der Waals surface area contributed by atoms with Gasteiger partial charge in [0, 0.05) is 36.1 Å². The number of hydrogen-bond donors (Lipinski definition) is 2. The third-order valence-corrected chi connectivity index (χ3v) is 6.13. The molecule has 172 valence electrons. The van der Waals surface area contributed by atoms with Gasteiger partial charge in [0.1, 0.15) is 10.6 Å². The van der Waals surface area contributed by atoms with E-state index in [1.165, 1.54) is 12.1 Å². The molecular weight excluding hydrogens is 454 g/mol. The zero-order chi connectivity index (χ0) is 24.3. The van der Waals surface area contributed by atoms with E-state index in [-0.39, 0.29) is 10.5 Å². The molecule has 1 amide bonds. The molecule has 0 aliphatic heterocycles. The molecule has 0 aliphatic rings. The Hall–Kier alpha value is -4.31. The summed E-state index contributed by atoms with van der Waals surface area (Å²) in [5.74, 6) is -0.555. The summed E-state index contributed by atoms with van der Waals surface area (Å²) in [5, 5.41) is 12.8. The van der Waals surface area contributed by atoms with Crippen LogP contribution in [0.5, 0.6) is 5.75 Å². The minimum Gasteiger partial charge on any atom is -0.507 e. The molecule has 0 unspecified atom stereocenters. The fourth-order valence-electron chi connectivity index (χ4n) is 3.36. The van der Waals surface area contributed by atoms with Crippen LogP contribution >= 0.6 is 0 Å². The first-order valence-corrected chi connectivity index (χ1v) is 12.1. The number of anilines is 4. The van der Waals surface area contributed by atoms with Gasteiger partial charge in [0.05, 0.1) is 17.6 Å². The summed E-state index contributed by atoms with van der Waals surface area (Å²) in [4.78, 5) is 27.3. The second-order valence-electron chi connectivity index (χ2n) is 7.51. The van der Waals surface area contributed by atoms with Crippen LogP contribution in [0.1, 0.15) is 15.9 Å². The molecule has 0 saturated heterocycles. The molecule has 0 fully saturated rings. The standard InChI is InChI=1S/C24H21N5O4S/c1-16-6-8-18(28-23(31)17-7-9-22(21(30)13-17)34(2,32)33)14-20(16)29(19-5-3-10-25-15-19)24-26-11-4-12-27-24/h3-15,30H,1-2H3,(H,28,31).